The molecule has 0 saturated carbocycles. The fraction of sp³-hybridized carbons (Fsp3) is 0.833. The van der Waals surface area contributed by atoms with Crippen molar-refractivity contribution < 1.29 is 14.4 Å². The van der Waals surface area contributed by atoms with E-state index in [1.807, 2.05) is 6.92 Å². The summed E-state index contributed by atoms with van der Waals surface area (Å²) in [6.07, 6.45) is 0.139. The molecule has 102 valence electrons. The minimum Gasteiger partial charge on any atom is -0.392 e. The second-order valence-corrected chi connectivity index (χ2v) is 4.96. The van der Waals surface area contributed by atoms with Crippen molar-refractivity contribution in [3.8, 4) is 0 Å². The van der Waals surface area contributed by atoms with Gasteiger partial charge in [-0.3, -0.25) is 0 Å². The molecule has 2 rings (SSSR count). The predicted octanol–water partition coefficient (Wildman–Crippen LogP) is 1.20. The smallest absolute Gasteiger partial charge is 0.243 e. The van der Waals surface area contributed by atoms with E-state index < -0.39 is 0 Å². The summed E-state index contributed by atoms with van der Waals surface area (Å²) in [5, 5.41) is 16.6. The van der Waals surface area contributed by atoms with Gasteiger partial charge in [-0.2, -0.15) is 4.98 Å². The quantitative estimate of drug-likeness (QED) is 0.823. The summed E-state index contributed by atoms with van der Waals surface area (Å²) in [5.41, 5.74) is 0. The summed E-state index contributed by atoms with van der Waals surface area (Å²) in [7, 11) is 0. The third-order valence-electron chi connectivity index (χ3n) is 3.07. The van der Waals surface area contributed by atoms with Crippen LogP contribution in [0.2, 0.25) is 0 Å². The number of rotatable bonds is 5. The maximum absolute atomic E-state index is 9.47. The molecule has 1 unspecified atom stereocenters. The van der Waals surface area contributed by atoms with Crippen LogP contribution < -0.4 is 5.32 Å². The zero-order chi connectivity index (χ0) is 13.1. The molecule has 0 spiro atoms. The molecule has 1 fully saturated rings. The van der Waals surface area contributed by atoms with Crippen molar-refractivity contribution in [1.82, 2.24) is 15.5 Å². The van der Waals surface area contributed by atoms with Crippen LogP contribution in [-0.2, 0) is 4.74 Å². The lowest BCUT2D eigenvalue weighted by atomic mass is 10.1. The van der Waals surface area contributed by atoms with Gasteiger partial charge in [-0.25, -0.2) is 0 Å². The average Bonchev–Trinajstić information content (AvgIpc) is 2.93. The Morgan fingerprint density at radius 3 is 2.89 bits per heavy atom. The van der Waals surface area contributed by atoms with Crippen molar-refractivity contribution in [2.24, 2.45) is 5.92 Å². The van der Waals surface area contributed by atoms with Gasteiger partial charge in [-0.1, -0.05) is 19.0 Å². The summed E-state index contributed by atoms with van der Waals surface area (Å²) in [6, 6.07) is -0.0457. The third kappa shape index (κ3) is 2.88. The highest BCUT2D eigenvalue weighted by Crippen LogP contribution is 2.27. The van der Waals surface area contributed by atoms with Crippen molar-refractivity contribution in [3.63, 3.8) is 0 Å². The number of hydrogen-bond acceptors (Lipinski definition) is 6. The number of β-amino-alcohol motifs (C(OH)–C–C–N with tert-alkyl or cyclic N) is 1. The van der Waals surface area contributed by atoms with Crippen LogP contribution >= 0.6 is 0 Å². The molecule has 6 nitrogen and oxygen atoms in total. The van der Waals surface area contributed by atoms with Crippen LogP contribution in [-0.4, -0.2) is 34.5 Å². The van der Waals surface area contributed by atoms with E-state index in [0.29, 0.717) is 31.3 Å². The molecule has 0 bridgehead atoms. The van der Waals surface area contributed by atoms with Crippen LogP contribution in [0.4, 0.5) is 0 Å². The van der Waals surface area contributed by atoms with Gasteiger partial charge in [0.2, 0.25) is 11.7 Å². The van der Waals surface area contributed by atoms with Crippen LogP contribution in [0.15, 0.2) is 4.52 Å². The zero-order valence-corrected chi connectivity index (χ0v) is 11.1. The topological polar surface area (TPSA) is 80.4 Å². The first kappa shape index (κ1) is 13.5. The third-order valence-corrected chi connectivity index (χ3v) is 3.07. The Kier molecular flexibility index (Phi) is 4.31. The van der Waals surface area contributed by atoms with Gasteiger partial charge in [-0.15, -0.1) is 0 Å². The van der Waals surface area contributed by atoms with E-state index in [9.17, 15) is 5.11 Å². The number of nitrogens with one attached hydrogen (secondary N) is 1. The summed E-state index contributed by atoms with van der Waals surface area (Å²) < 4.78 is 10.9. The number of ether oxygens (including phenoxy) is 1. The molecule has 0 aromatic carbocycles. The van der Waals surface area contributed by atoms with Crippen molar-refractivity contribution in [1.29, 1.82) is 0 Å². The van der Waals surface area contributed by atoms with E-state index in [-0.39, 0.29) is 24.2 Å². The van der Waals surface area contributed by atoms with Gasteiger partial charge in [0.1, 0.15) is 6.10 Å². The fourth-order valence-corrected chi connectivity index (χ4v) is 2.15. The number of nitrogens with zero attached hydrogens (tertiary/aromatic N) is 2. The SMILES string of the molecule is CCOC(c1noc([C@H]2C[C@H](O)CN2)n1)C(C)C. The van der Waals surface area contributed by atoms with Gasteiger partial charge in [0.25, 0.3) is 0 Å². The van der Waals surface area contributed by atoms with E-state index >= 15 is 0 Å². The molecular formula is C12H21N3O3. The van der Waals surface area contributed by atoms with Gasteiger partial charge in [0, 0.05) is 13.2 Å². The first-order chi connectivity index (χ1) is 8.61. The summed E-state index contributed by atoms with van der Waals surface area (Å²) in [5.74, 6) is 1.41. The lowest BCUT2D eigenvalue weighted by Gasteiger charge is -2.16. The minimum absolute atomic E-state index is 0.0457. The summed E-state index contributed by atoms with van der Waals surface area (Å²) in [6.45, 7) is 7.27. The fourth-order valence-electron chi connectivity index (χ4n) is 2.15. The maximum Gasteiger partial charge on any atom is 0.243 e. The Labute approximate surface area is 107 Å². The molecule has 6 heteroatoms. The molecule has 1 aromatic heterocycles. The molecule has 1 aliphatic rings. The van der Waals surface area contributed by atoms with Crippen LogP contribution in [0.5, 0.6) is 0 Å². The number of aliphatic hydroxyl groups excluding tert-OH is 1. The Balaban J connectivity index is 2.08. The molecule has 1 aliphatic heterocycles. The molecule has 0 aliphatic carbocycles. The first-order valence-corrected chi connectivity index (χ1v) is 6.48. The zero-order valence-electron chi connectivity index (χ0n) is 11.1. The molecule has 1 saturated heterocycles. The highest BCUT2D eigenvalue weighted by Gasteiger charge is 2.30. The molecule has 0 radical (unpaired) electrons. The molecule has 18 heavy (non-hydrogen) atoms. The molecule has 3 atom stereocenters. The summed E-state index contributed by atoms with van der Waals surface area (Å²) >= 11 is 0. The van der Waals surface area contributed by atoms with Crippen LogP contribution in [0.3, 0.4) is 0 Å². The van der Waals surface area contributed by atoms with Gasteiger partial charge in [-0.05, 0) is 19.3 Å². The van der Waals surface area contributed by atoms with Crippen molar-refractivity contribution in [3.05, 3.63) is 11.7 Å². The van der Waals surface area contributed by atoms with Gasteiger partial charge < -0.3 is 19.7 Å². The minimum atomic E-state index is -0.335. The first-order valence-electron chi connectivity index (χ1n) is 6.48. The standard InChI is InChI=1S/C12H21N3O3/c1-4-17-10(7(2)3)11-14-12(18-15-11)9-5-8(16)6-13-9/h7-10,13,16H,4-6H2,1-3H3/t8-,9+,10?/m0/s1. The lowest BCUT2D eigenvalue weighted by Crippen LogP contribution is -2.16. The van der Waals surface area contributed by atoms with Crippen LogP contribution in [0.1, 0.15) is 51.1 Å². The predicted molar refractivity (Wildman–Crippen MR) is 64.9 cm³/mol. The van der Waals surface area contributed by atoms with Crippen molar-refractivity contribution in [2.45, 2.75) is 45.4 Å². The number of aliphatic hydroxyl groups is 1. The van der Waals surface area contributed by atoms with E-state index in [0.717, 1.165) is 0 Å². The average molecular weight is 255 g/mol. The monoisotopic (exact) mass is 255 g/mol. The highest BCUT2D eigenvalue weighted by molar-refractivity contribution is 5.00. The Morgan fingerprint density at radius 2 is 2.33 bits per heavy atom. The highest BCUT2D eigenvalue weighted by atomic mass is 16.5. The molecule has 1 aromatic rings. The Hall–Kier alpha value is -0.980. The van der Waals surface area contributed by atoms with Gasteiger partial charge >= 0.3 is 0 Å². The number of aromatic nitrogens is 2. The summed E-state index contributed by atoms with van der Waals surface area (Å²) in [4.78, 5) is 4.39. The molecule has 0 amide bonds. The lowest BCUT2D eigenvalue weighted by molar-refractivity contribution is 0.0217. The van der Waals surface area contributed by atoms with Crippen molar-refractivity contribution in [2.75, 3.05) is 13.2 Å². The normalized spacial score (nSPS) is 25.8. The van der Waals surface area contributed by atoms with E-state index in [1.165, 1.54) is 0 Å². The van der Waals surface area contributed by atoms with Crippen LogP contribution in [0, 0.1) is 5.92 Å². The maximum atomic E-state index is 9.47. The molecular weight excluding hydrogens is 234 g/mol. The Bertz CT molecular complexity index is 380. The van der Waals surface area contributed by atoms with E-state index in [4.69, 9.17) is 9.26 Å². The van der Waals surface area contributed by atoms with Gasteiger partial charge in [0.15, 0.2) is 0 Å². The van der Waals surface area contributed by atoms with E-state index in [1.54, 1.807) is 0 Å². The second-order valence-electron chi connectivity index (χ2n) is 4.96. The largest absolute Gasteiger partial charge is 0.392 e. The molecule has 2 N–H and O–H groups in total. The second kappa shape index (κ2) is 5.77. The molecule has 2 heterocycles. The van der Waals surface area contributed by atoms with Crippen molar-refractivity contribution >= 4 is 0 Å². The van der Waals surface area contributed by atoms with Crippen LogP contribution in [0.25, 0.3) is 0 Å². The van der Waals surface area contributed by atoms with E-state index in [2.05, 4.69) is 29.3 Å². The Morgan fingerprint density at radius 1 is 1.56 bits per heavy atom. The number of hydrogen-bond donors (Lipinski definition) is 2. The van der Waals surface area contributed by atoms with Gasteiger partial charge in [0.05, 0.1) is 12.1 Å².